The first kappa shape index (κ1) is 27.0. The highest BCUT2D eigenvalue weighted by Crippen LogP contribution is 2.57. The first-order valence-corrected chi connectivity index (χ1v) is 13.7. The van der Waals surface area contributed by atoms with Crippen LogP contribution in [0.2, 0.25) is 10.0 Å². The van der Waals surface area contributed by atoms with Crippen molar-refractivity contribution in [1.82, 2.24) is 10.6 Å². The number of aliphatic hydroxyl groups is 1. The van der Waals surface area contributed by atoms with Crippen LogP contribution in [-0.4, -0.2) is 35.0 Å². The van der Waals surface area contributed by atoms with Gasteiger partial charge in [0.2, 0.25) is 11.8 Å². The van der Waals surface area contributed by atoms with Crippen LogP contribution in [0.3, 0.4) is 0 Å². The summed E-state index contributed by atoms with van der Waals surface area (Å²) in [5.41, 5.74) is -0.0516. The van der Waals surface area contributed by atoms with Gasteiger partial charge < -0.3 is 21.1 Å². The minimum absolute atomic E-state index is 0.0706. The highest BCUT2D eigenvalue weighted by Gasteiger charge is 2.66. The van der Waals surface area contributed by atoms with E-state index in [0.29, 0.717) is 47.7 Å². The molecule has 3 aliphatic rings. The summed E-state index contributed by atoms with van der Waals surface area (Å²) in [5, 5.41) is 19.7. The molecule has 6 nitrogen and oxygen atoms in total. The van der Waals surface area contributed by atoms with E-state index in [1.54, 1.807) is 36.4 Å². The molecule has 2 aliphatic heterocycles. The van der Waals surface area contributed by atoms with Gasteiger partial charge in [0.25, 0.3) is 0 Å². The van der Waals surface area contributed by atoms with Gasteiger partial charge in [0.1, 0.15) is 11.2 Å². The lowest BCUT2D eigenvalue weighted by atomic mass is 9.62. The lowest BCUT2D eigenvalue weighted by Crippen LogP contribution is -2.49. The van der Waals surface area contributed by atoms with Crippen LogP contribution >= 0.6 is 23.2 Å². The van der Waals surface area contributed by atoms with E-state index in [9.17, 15) is 14.7 Å². The zero-order valence-corrected chi connectivity index (χ0v) is 23.1. The number of allylic oxidation sites excluding steroid dienone is 1. The zero-order chi connectivity index (χ0) is 27.4. The van der Waals surface area contributed by atoms with Crippen molar-refractivity contribution in [2.75, 3.05) is 5.32 Å². The van der Waals surface area contributed by atoms with E-state index in [1.165, 1.54) is 6.07 Å². The molecule has 1 spiro atoms. The van der Waals surface area contributed by atoms with E-state index in [1.807, 2.05) is 0 Å². The van der Waals surface area contributed by atoms with E-state index >= 15 is 4.39 Å². The predicted molar refractivity (Wildman–Crippen MR) is 147 cm³/mol. The Morgan fingerprint density at radius 2 is 2.00 bits per heavy atom. The average molecular weight is 560 g/mol. The molecule has 2 amide bonds. The van der Waals surface area contributed by atoms with Crippen molar-refractivity contribution in [3.05, 3.63) is 75.2 Å². The maximum atomic E-state index is 15.8. The fourth-order valence-corrected chi connectivity index (χ4v) is 6.75. The first-order chi connectivity index (χ1) is 17.9. The van der Waals surface area contributed by atoms with Crippen LogP contribution in [0, 0.1) is 11.2 Å². The van der Waals surface area contributed by atoms with Gasteiger partial charge in [-0.05, 0) is 60.1 Å². The first-order valence-electron chi connectivity index (χ1n) is 12.9. The molecule has 38 heavy (non-hydrogen) atoms. The molecule has 1 fully saturated rings. The minimum atomic E-state index is -1.29. The molecular formula is C29H32Cl2FN3O3. The van der Waals surface area contributed by atoms with Gasteiger partial charge in [0.15, 0.2) is 0 Å². The van der Waals surface area contributed by atoms with Crippen LogP contribution in [-0.2, 0) is 15.0 Å². The molecule has 0 radical (unpaired) electrons. The van der Waals surface area contributed by atoms with Gasteiger partial charge in [0, 0.05) is 35.1 Å². The van der Waals surface area contributed by atoms with E-state index in [0.717, 1.165) is 0 Å². The van der Waals surface area contributed by atoms with Crippen LogP contribution in [0.1, 0.15) is 63.5 Å². The van der Waals surface area contributed by atoms with Crippen LogP contribution in [0.25, 0.3) is 0 Å². The topological polar surface area (TPSA) is 90.5 Å². The molecular weight excluding hydrogens is 528 g/mol. The van der Waals surface area contributed by atoms with Crippen molar-refractivity contribution in [3.8, 4) is 0 Å². The summed E-state index contributed by atoms with van der Waals surface area (Å²) < 4.78 is 15.8. The van der Waals surface area contributed by atoms with Gasteiger partial charge in [-0.25, -0.2) is 4.39 Å². The predicted octanol–water partition coefficient (Wildman–Crippen LogP) is 5.99. The van der Waals surface area contributed by atoms with Crippen LogP contribution < -0.4 is 16.0 Å². The average Bonchev–Trinajstić information content (AvgIpc) is 3.31. The van der Waals surface area contributed by atoms with Crippen LogP contribution in [0.4, 0.5) is 10.1 Å². The summed E-state index contributed by atoms with van der Waals surface area (Å²) in [6, 6.07) is 8.35. The summed E-state index contributed by atoms with van der Waals surface area (Å²) >= 11 is 12.5. The summed E-state index contributed by atoms with van der Waals surface area (Å²) in [4.78, 5) is 28.1. The van der Waals surface area contributed by atoms with Gasteiger partial charge in [0.05, 0.1) is 16.8 Å². The number of hydrogen-bond donors (Lipinski definition) is 4. The van der Waals surface area contributed by atoms with Gasteiger partial charge in [-0.3, -0.25) is 9.59 Å². The molecule has 9 heteroatoms. The van der Waals surface area contributed by atoms with Crippen molar-refractivity contribution in [3.63, 3.8) is 0 Å². The number of aliphatic hydroxyl groups excluding tert-OH is 1. The number of nitrogens with one attached hydrogen (secondary N) is 3. The molecule has 202 valence electrons. The monoisotopic (exact) mass is 559 g/mol. The summed E-state index contributed by atoms with van der Waals surface area (Å²) in [6.45, 7) is 6.21. The number of hydrogen-bond acceptors (Lipinski definition) is 4. The number of carbonyl (C=O) groups is 2. The molecule has 1 aliphatic carbocycles. The molecule has 2 heterocycles. The second-order valence-corrected chi connectivity index (χ2v) is 12.6. The molecule has 5 rings (SSSR count). The number of anilines is 1. The van der Waals surface area contributed by atoms with Crippen molar-refractivity contribution in [2.45, 2.75) is 75.9 Å². The second-order valence-electron chi connectivity index (χ2n) is 11.8. The van der Waals surface area contributed by atoms with Crippen molar-refractivity contribution >= 4 is 40.7 Å². The standard InChI is InChI=1S/C29H32Cl2FN3O3/c1-28(2,3)14-22-29(19-12-7-15(30)13-21(19)34-27(29)38)23(18-5-4-6-20(31)24(18)32)25(35-22)26(37)33-16-8-10-17(36)11-9-16/h4-7,10,12-13,16,22-23,25,35-36H,8-9,11,14H2,1-3H3,(H,33,37)(H,34,38). The third-order valence-electron chi connectivity index (χ3n) is 7.95. The zero-order valence-electron chi connectivity index (χ0n) is 21.6. The molecule has 1 saturated heterocycles. The van der Waals surface area contributed by atoms with Crippen molar-refractivity contribution in [2.24, 2.45) is 5.41 Å². The Kier molecular flexibility index (Phi) is 6.99. The van der Waals surface area contributed by atoms with Crippen LogP contribution in [0.5, 0.6) is 0 Å². The Hall–Kier alpha value is -2.61. The largest absolute Gasteiger partial charge is 0.513 e. The molecule has 5 unspecified atom stereocenters. The molecule has 2 aromatic rings. The highest BCUT2D eigenvalue weighted by atomic mass is 35.5. The van der Waals surface area contributed by atoms with E-state index < -0.39 is 29.2 Å². The Morgan fingerprint density at radius 1 is 1.24 bits per heavy atom. The second kappa shape index (κ2) is 9.85. The number of amides is 2. The molecule has 0 aromatic heterocycles. The van der Waals surface area contributed by atoms with Crippen molar-refractivity contribution in [1.29, 1.82) is 0 Å². The Morgan fingerprint density at radius 3 is 2.68 bits per heavy atom. The Bertz CT molecular complexity index is 1320. The van der Waals surface area contributed by atoms with E-state index in [4.69, 9.17) is 23.2 Å². The fraction of sp³-hybridized carbons (Fsp3) is 0.448. The quantitative estimate of drug-likeness (QED) is 0.370. The van der Waals surface area contributed by atoms with Gasteiger partial charge in [-0.2, -0.15) is 0 Å². The Labute approximate surface area is 232 Å². The lowest BCUT2D eigenvalue weighted by molar-refractivity contribution is -0.124. The lowest BCUT2D eigenvalue weighted by Gasteiger charge is -2.37. The van der Waals surface area contributed by atoms with Gasteiger partial charge >= 0.3 is 0 Å². The number of rotatable bonds is 4. The minimum Gasteiger partial charge on any atom is -0.513 e. The number of carbonyl (C=O) groups excluding carboxylic acids is 2. The Balaban J connectivity index is 1.68. The number of halogens is 3. The third-order valence-corrected chi connectivity index (χ3v) is 8.48. The fourth-order valence-electron chi connectivity index (χ4n) is 6.39. The molecule has 2 aromatic carbocycles. The van der Waals surface area contributed by atoms with Crippen molar-refractivity contribution < 1.29 is 19.1 Å². The smallest absolute Gasteiger partial charge is 0.238 e. The molecule has 0 bridgehead atoms. The third kappa shape index (κ3) is 4.59. The molecule has 5 atom stereocenters. The summed E-state index contributed by atoms with van der Waals surface area (Å²) in [5.74, 6) is -1.84. The molecule has 0 saturated carbocycles. The molecule has 4 N–H and O–H groups in total. The van der Waals surface area contributed by atoms with Gasteiger partial charge in [-0.1, -0.05) is 62.2 Å². The maximum absolute atomic E-state index is 15.8. The summed E-state index contributed by atoms with van der Waals surface area (Å²) in [7, 11) is 0. The summed E-state index contributed by atoms with van der Waals surface area (Å²) in [6.07, 6.45) is 3.82. The normalized spacial score (nSPS) is 28.7. The maximum Gasteiger partial charge on any atom is 0.238 e. The number of benzene rings is 2. The van der Waals surface area contributed by atoms with E-state index in [2.05, 4.69) is 36.7 Å². The van der Waals surface area contributed by atoms with Gasteiger partial charge in [-0.15, -0.1) is 0 Å². The number of fused-ring (bicyclic) bond motifs is 2. The SMILES string of the molecule is CC(C)(C)CC1NC(C(=O)NC2CC=C(O)CC2)C(c2cccc(Cl)c2F)C12C(=O)Nc1cc(Cl)ccc12. The highest BCUT2D eigenvalue weighted by molar-refractivity contribution is 6.31. The van der Waals surface area contributed by atoms with Crippen LogP contribution in [0.15, 0.2) is 48.2 Å². The van der Waals surface area contributed by atoms with E-state index in [-0.39, 0.29) is 33.9 Å².